The summed E-state index contributed by atoms with van der Waals surface area (Å²) < 4.78 is 16.1. The molecule has 0 spiro atoms. The van der Waals surface area contributed by atoms with Crippen molar-refractivity contribution in [2.45, 2.75) is 26.1 Å². The van der Waals surface area contributed by atoms with Gasteiger partial charge in [0.05, 0.1) is 25.3 Å². The number of benzene rings is 1. The number of rotatable bonds is 8. The topological polar surface area (TPSA) is 73.6 Å². The first-order valence-electron chi connectivity index (χ1n) is 8.20. The van der Waals surface area contributed by atoms with E-state index in [4.69, 9.17) is 14.0 Å². The van der Waals surface area contributed by atoms with Crippen molar-refractivity contribution in [2.24, 2.45) is 5.92 Å². The second kappa shape index (κ2) is 8.61. The molecule has 1 aromatic heterocycles. The first-order valence-corrected chi connectivity index (χ1v) is 8.20. The first-order chi connectivity index (χ1) is 11.8. The number of carbonyl (C=O) groups is 1. The summed E-state index contributed by atoms with van der Waals surface area (Å²) in [7, 11) is 0. The van der Waals surface area contributed by atoms with Crippen molar-refractivity contribution in [2.75, 3.05) is 19.8 Å². The number of amides is 1. The SMILES string of the molecule is O=C(Cc1cc(COCc2ccccc2)on1)NCC1CCOC1. The van der Waals surface area contributed by atoms with E-state index in [1.165, 1.54) is 0 Å². The molecule has 1 unspecified atom stereocenters. The molecule has 1 N–H and O–H groups in total. The van der Waals surface area contributed by atoms with Gasteiger partial charge in [0.15, 0.2) is 5.76 Å². The summed E-state index contributed by atoms with van der Waals surface area (Å²) in [6.45, 7) is 3.02. The van der Waals surface area contributed by atoms with Crippen LogP contribution in [0.15, 0.2) is 40.9 Å². The van der Waals surface area contributed by atoms with Crippen molar-refractivity contribution in [1.82, 2.24) is 10.5 Å². The van der Waals surface area contributed by atoms with Gasteiger partial charge in [-0.05, 0) is 12.0 Å². The van der Waals surface area contributed by atoms with E-state index in [9.17, 15) is 4.79 Å². The Kier molecular flexibility index (Phi) is 5.98. The van der Waals surface area contributed by atoms with Gasteiger partial charge < -0.3 is 19.3 Å². The maximum absolute atomic E-state index is 11.9. The Morgan fingerprint density at radius 1 is 1.29 bits per heavy atom. The Morgan fingerprint density at radius 3 is 2.96 bits per heavy atom. The van der Waals surface area contributed by atoms with Gasteiger partial charge in [-0.1, -0.05) is 35.5 Å². The Morgan fingerprint density at radius 2 is 2.17 bits per heavy atom. The van der Waals surface area contributed by atoms with Crippen molar-refractivity contribution in [3.63, 3.8) is 0 Å². The van der Waals surface area contributed by atoms with Gasteiger partial charge in [0, 0.05) is 25.1 Å². The second-order valence-corrected chi connectivity index (χ2v) is 5.97. The minimum atomic E-state index is -0.0491. The van der Waals surface area contributed by atoms with Crippen molar-refractivity contribution in [3.05, 3.63) is 53.4 Å². The molecular formula is C18H22N2O4. The van der Waals surface area contributed by atoms with Gasteiger partial charge in [0.1, 0.15) is 6.61 Å². The summed E-state index contributed by atoms with van der Waals surface area (Å²) in [6.07, 6.45) is 1.23. The van der Waals surface area contributed by atoms with Crippen LogP contribution in [0.2, 0.25) is 0 Å². The second-order valence-electron chi connectivity index (χ2n) is 5.97. The predicted octanol–water partition coefficient (Wildman–Crippen LogP) is 2.09. The average molecular weight is 330 g/mol. The van der Waals surface area contributed by atoms with Crippen LogP contribution in [-0.4, -0.2) is 30.8 Å². The lowest BCUT2D eigenvalue weighted by Crippen LogP contribution is -2.30. The third-order valence-electron chi connectivity index (χ3n) is 3.92. The maximum atomic E-state index is 11.9. The molecule has 1 aliphatic heterocycles. The molecule has 6 heteroatoms. The molecule has 1 saturated heterocycles. The highest BCUT2D eigenvalue weighted by molar-refractivity contribution is 5.78. The molecule has 0 radical (unpaired) electrons. The lowest BCUT2D eigenvalue weighted by Gasteiger charge is -2.08. The summed E-state index contributed by atoms with van der Waals surface area (Å²) in [4.78, 5) is 11.9. The number of carbonyl (C=O) groups excluding carboxylic acids is 1. The quantitative estimate of drug-likeness (QED) is 0.802. The maximum Gasteiger partial charge on any atom is 0.226 e. The molecule has 1 aromatic carbocycles. The molecule has 1 atom stereocenters. The van der Waals surface area contributed by atoms with Crippen LogP contribution in [0.25, 0.3) is 0 Å². The van der Waals surface area contributed by atoms with Crippen LogP contribution in [0.4, 0.5) is 0 Å². The van der Waals surface area contributed by atoms with Crippen LogP contribution in [0.1, 0.15) is 23.4 Å². The van der Waals surface area contributed by atoms with E-state index in [2.05, 4.69) is 10.5 Å². The third kappa shape index (κ3) is 5.18. The fourth-order valence-corrected chi connectivity index (χ4v) is 2.58. The molecule has 2 aromatic rings. The summed E-state index contributed by atoms with van der Waals surface area (Å²) >= 11 is 0. The molecule has 0 saturated carbocycles. The van der Waals surface area contributed by atoms with Crippen molar-refractivity contribution in [1.29, 1.82) is 0 Å². The largest absolute Gasteiger partial charge is 0.381 e. The van der Waals surface area contributed by atoms with E-state index >= 15 is 0 Å². The normalized spacial score (nSPS) is 17.1. The number of nitrogens with zero attached hydrogens (tertiary/aromatic N) is 1. The molecule has 1 fully saturated rings. The summed E-state index contributed by atoms with van der Waals surface area (Å²) in [6, 6.07) is 11.7. The molecule has 3 rings (SSSR count). The van der Waals surface area contributed by atoms with E-state index in [1.807, 2.05) is 30.3 Å². The number of aromatic nitrogens is 1. The zero-order valence-electron chi connectivity index (χ0n) is 13.6. The van der Waals surface area contributed by atoms with E-state index in [0.717, 1.165) is 25.2 Å². The van der Waals surface area contributed by atoms with Gasteiger partial charge >= 0.3 is 0 Å². The average Bonchev–Trinajstić information content (AvgIpc) is 3.26. The fourth-order valence-electron chi connectivity index (χ4n) is 2.58. The Labute approximate surface area is 141 Å². The summed E-state index contributed by atoms with van der Waals surface area (Å²) in [5.41, 5.74) is 1.72. The minimum Gasteiger partial charge on any atom is -0.381 e. The molecule has 0 aliphatic carbocycles. The lowest BCUT2D eigenvalue weighted by atomic mass is 10.1. The van der Waals surface area contributed by atoms with Gasteiger partial charge in [-0.2, -0.15) is 0 Å². The monoisotopic (exact) mass is 330 g/mol. The van der Waals surface area contributed by atoms with Crippen LogP contribution < -0.4 is 5.32 Å². The lowest BCUT2D eigenvalue weighted by molar-refractivity contribution is -0.120. The number of nitrogens with one attached hydrogen (secondary N) is 1. The molecule has 0 bridgehead atoms. The molecule has 2 heterocycles. The number of hydrogen-bond acceptors (Lipinski definition) is 5. The molecule has 24 heavy (non-hydrogen) atoms. The third-order valence-corrected chi connectivity index (χ3v) is 3.92. The van der Waals surface area contributed by atoms with Crippen LogP contribution in [0, 0.1) is 5.92 Å². The van der Waals surface area contributed by atoms with Crippen molar-refractivity contribution in [3.8, 4) is 0 Å². The molecule has 6 nitrogen and oxygen atoms in total. The Hall–Kier alpha value is -2.18. The number of ether oxygens (including phenoxy) is 2. The van der Waals surface area contributed by atoms with Crippen LogP contribution in [0.5, 0.6) is 0 Å². The summed E-state index contributed by atoms with van der Waals surface area (Å²) in [5, 5.41) is 6.84. The molecule has 128 valence electrons. The molecule has 1 aliphatic rings. The van der Waals surface area contributed by atoms with Crippen molar-refractivity contribution >= 4 is 5.91 Å². The molecular weight excluding hydrogens is 308 g/mol. The highest BCUT2D eigenvalue weighted by Gasteiger charge is 2.17. The van der Waals surface area contributed by atoms with Crippen LogP contribution in [0.3, 0.4) is 0 Å². The van der Waals surface area contributed by atoms with Crippen LogP contribution in [-0.2, 0) is 33.9 Å². The van der Waals surface area contributed by atoms with E-state index in [1.54, 1.807) is 6.07 Å². The fraction of sp³-hybridized carbons (Fsp3) is 0.444. The van der Waals surface area contributed by atoms with E-state index < -0.39 is 0 Å². The summed E-state index contributed by atoms with van der Waals surface area (Å²) in [5.74, 6) is 0.998. The van der Waals surface area contributed by atoms with Gasteiger partial charge in [0.2, 0.25) is 5.91 Å². The zero-order valence-corrected chi connectivity index (χ0v) is 13.6. The van der Waals surface area contributed by atoms with Crippen LogP contribution >= 0.6 is 0 Å². The smallest absolute Gasteiger partial charge is 0.226 e. The van der Waals surface area contributed by atoms with Gasteiger partial charge in [-0.3, -0.25) is 4.79 Å². The molecule has 1 amide bonds. The predicted molar refractivity (Wildman–Crippen MR) is 87.1 cm³/mol. The Balaban J connectivity index is 1.37. The standard InChI is InChI=1S/C18H22N2O4/c21-18(19-10-15-6-7-22-12-15)9-16-8-17(24-20-16)13-23-11-14-4-2-1-3-5-14/h1-5,8,15H,6-7,9-13H2,(H,19,21). The zero-order chi connectivity index (χ0) is 16.6. The van der Waals surface area contributed by atoms with Gasteiger partial charge in [0.25, 0.3) is 0 Å². The highest BCUT2D eigenvalue weighted by atomic mass is 16.5. The Bertz CT molecular complexity index is 635. The van der Waals surface area contributed by atoms with E-state index in [0.29, 0.717) is 37.1 Å². The van der Waals surface area contributed by atoms with E-state index in [-0.39, 0.29) is 12.3 Å². The van der Waals surface area contributed by atoms with Crippen molar-refractivity contribution < 1.29 is 18.8 Å². The van der Waals surface area contributed by atoms with Gasteiger partial charge in [-0.15, -0.1) is 0 Å². The number of hydrogen-bond donors (Lipinski definition) is 1. The first kappa shape index (κ1) is 16.7. The van der Waals surface area contributed by atoms with Gasteiger partial charge in [-0.25, -0.2) is 0 Å². The minimum absolute atomic E-state index is 0.0491. The highest BCUT2D eigenvalue weighted by Crippen LogP contribution is 2.11.